The molecular weight excluding hydrogens is 340 g/mol. The van der Waals surface area contributed by atoms with Crippen LogP contribution in [0.5, 0.6) is 5.75 Å². The SMILES string of the molecule is Cc1cccc(NC(N)=NCc2ccccc2OCCN2CCOCC2)c1. The Bertz CT molecular complexity index is 757. The Morgan fingerprint density at radius 2 is 2.00 bits per heavy atom. The first-order valence-electron chi connectivity index (χ1n) is 9.35. The Hall–Kier alpha value is -2.57. The van der Waals surface area contributed by atoms with Gasteiger partial charge in [0.25, 0.3) is 0 Å². The smallest absolute Gasteiger partial charge is 0.193 e. The van der Waals surface area contributed by atoms with E-state index in [9.17, 15) is 0 Å². The number of rotatable bonds is 7. The molecule has 1 aliphatic rings. The van der Waals surface area contributed by atoms with Gasteiger partial charge in [0.1, 0.15) is 12.4 Å². The van der Waals surface area contributed by atoms with Crippen LogP contribution in [0.15, 0.2) is 53.5 Å². The number of ether oxygens (including phenoxy) is 2. The summed E-state index contributed by atoms with van der Waals surface area (Å²) in [6.45, 7) is 7.61. The lowest BCUT2D eigenvalue weighted by atomic mass is 10.2. The molecule has 6 heteroatoms. The maximum Gasteiger partial charge on any atom is 0.193 e. The van der Waals surface area contributed by atoms with E-state index >= 15 is 0 Å². The minimum Gasteiger partial charge on any atom is -0.492 e. The largest absolute Gasteiger partial charge is 0.492 e. The Kier molecular flexibility index (Phi) is 7.07. The summed E-state index contributed by atoms with van der Waals surface area (Å²) in [6.07, 6.45) is 0. The lowest BCUT2D eigenvalue weighted by Crippen LogP contribution is -2.38. The molecule has 0 aromatic heterocycles. The molecule has 0 saturated carbocycles. The molecule has 1 aliphatic heterocycles. The molecule has 0 spiro atoms. The number of anilines is 1. The molecule has 0 atom stereocenters. The van der Waals surface area contributed by atoms with Gasteiger partial charge in [-0.05, 0) is 30.7 Å². The van der Waals surface area contributed by atoms with E-state index < -0.39 is 0 Å². The Morgan fingerprint density at radius 3 is 2.81 bits per heavy atom. The van der Waals surface area contributed by atoms with Crippen molar-refractivity contribution in [2.24, 2.45) is 10.7 Å². The molecular formula is C21H28N4O2. The molecule has 1 saturated heterocycles. The number of hydrogen-bond acceptors (Lipinski definition) is 4. The zero-order valence-corrected chi connectivity index (χ0v) is 15.9. The van der Waals surface area contributed by atoms with E-state index in [1.54, 1.807) is 0 Å². The van der Waals surface area contributed by atoms with E-state index in [1.807, 2.05) is 55.5 Å². The lowest BCUT2D eigenvalue weighted by molar-refractivity contribution is 0.0322. The average Bonchev–Trinajstić information content (AvgIpc) is 2.68. The van der Waals surface area contributed by atoms with Gasteiger partial charge in [-0.3, -0.25) is 4.90 Å². The quantitative estimate of drug-likeness (QED) is 0.581. The molecule has 0 unspecified atom stereocenters. The molecule has 0 radical (unpaired) electrons. The predicted octanol–water partition coefficient (Wildman–Crippen LogP) is 2.63. The summed E-state index contributed by atoms with van der Waals surface area (Å²) in [5.41, 5.74) is 9.16. The summed E-state index contributed by atoms with van der Waals surface area (Å²) in [7, 11) is 0. The summed E-state index contributed by atoms with van der Waals surface area (Å²) < 4.78 is 11.4. The van der Waals surface area contributed by atoms with E-state index in [0.29, 0.717) is 19.1 Å². The highest BCUT2D eigenvalue weighted by Gasteiger charge is 2.10. The van der Waals surface area contributed by atoms with Crippen LogP contribution in [0.3, 0.4) is 0 Å². The Morgan fingerprint density at radius 1 is 1.19 bits per heavy atom. The van der Waals surface area contributed by atoms with Crippen LogP contribution in [0.25, 0.3) is 0 Å². The molecule has 0 bridgehead atoms. The first-order valence-corrected chi connectivity index (χ1v) is 9.35. The van der Waals surface area contributed by atoms with Crippen molar-refractivity contribution < 1.29 is 9.47 Å². The normalized spacial score (nSPS) is 15.5. The molecule has 1 heterocycles. The Balaban J connectivity index is 1.53. The van der Waals surface area contributed by atoms with Gasteiger partial charge in [0.2, 0.25) is 0 Å². The molecule has 3 N–H and O–H groups in total. The van der Waals surface area contributed by atoms with Crippen molar-refractivity contribution in [1.29, 1.82) is 0 Å². The summed E-state index contributed by atoms with van der Waals surface area (Å²) in [4.78, 5) is 6.81. The van der Waals surface area contributed by atoms with Crippen LogP contribution in [-0.4, -0.2) is 50.3 Å². The topological polar surface area (TPSA) is 72.1 Å². The fraction of sp³-hybridized carbons (Fsp3) is 0.381. The lowest BCUT2D eigenvalue weighted by Gasteiger charge is -2.26. The number of para-hydroxylation sites is 1. The highest BCUT2D eigenvalue weighted by atomic mass is 16.5. The average molecular weight is 368 g/mol. The minimum absolute atomic E-state index is 0.392. The number of guanidine groups is 1. The minimum atomic E-state index is 0.392. The van der Waals surface area contributed by atoms with E-state index in [1.165, 1.54) is 5.56 Å². The fourth-order valence-electron chi connectivity index (χ4n) is 2.97. The summed E-state index contributed by atoms with van der Waals surface area (Å²) in [6, 6.07) is 16.0. The number of benzene rings is 2. The van der Waals surface area contributed by atoms with Gasteiger partial charge in [0, 0.05) is 30.9 Å². The monoisotopic (exact) mass is 368 g/mol. The molecule has 0 aliphatic carbocycles. The molecule has 2 aromatic rings. The van der Waals surface area contributed by atoms with Crippen LogP contribution in [0, 0.1) is 6.92 Å². The second-order valence-corrected chi connectivity index (χ2v) is 6.61. The number of aliphatic imine (C=N–C) groups is 1. The van der Waals surface area contributed by atoms with E-state index in [2.05, 4.69) is 15.2 Å². The zero-order valence-electron chi connectivity index (χ0n) is 15.9. The number of nitrogens with two attached hydrogens (primary N) is 1. The molecule has 1 fully saturated rings. The third-order valence-electron chi connectivity index (χ3n) is 4.45. The van der Waals surface area contributed by atoms with Crippen LogP contribution >= 0.6 is 0 Å². The first kappa shape index (κ1) is 19.2. The van der Waals surface area contributed by atoms with Crippen LogP contribution in [0.4, 0.5) is 5.69 Å². The van der Waals surface area contributed by atoms with Crippen LogP contribution < -0.4 is 15.8 Å². The third-order valence-corrected chi connectivity index (χ3v) is 4.45. The number of morpholine rings is 1. The highest BCUT2D eigenvalue weighted by molar-refractivity contribution is 5.92. The highest BCUT2D eigenvalue weighted by Crippen LogP contribution is 2.19. The molecule has 3 rings (SSSR count). The van der Waals surface area contributed by atoms with Crippen molar-refractivity contribution in [1.82, 2.24) is 4.90 Å². The third kappa shape index (κ3) is 6.27. The maximum atomic E-state index is 6.03. The molecule has 6 nitrogen and oxygen atoms in total. The summed E-state index contributed by atoms with van der Waals surface area (Å²) in [5.74, 6) is 1.25. The summed E-state index contributed by atoms with van der Waals surface area (Å²) in [5, 5.41) is 3.13. The van der Waals surface area contributed by atoms with Gasteiger partial charge in [-0.25, -0.2) is 4.99 Å². The van der Waals surface area contributed by atoms with Gasteiger partial charge in [-0.1, -0.05) is 30.3 Å². The van der Waals surface area contributed by atoms with Gasteiger partial charge in [0.15, 0.2) is 5.96 Å². The molecule has 0 amide bonds. The van der Waals surface area contributed by atoms with Crippen molar-refractivity contribution >= 4 is 11.6 Å². The standard InChI is InChI=1S/C21H28N4O2/c1-17-5-4-7-19(15-17)24-21(22)23-16-18-6-2-3-8-20(18)27-14-11-25-9-12-26-13-10-25/h2-8,15H,9-14,16H2,1H3,(H3,22,23,24). The maximum absolute atomic E-state index is 6.03. The van der Waals surface area contributed by atoms with Crippen LogP contribution in [0.1, 0.15) is 11.1 Å². The van der Waals surface area contributed by atoms with Crippen LogP contribution in [0.2, 0.25) is 0 Å². The zero-order chi connectivity index (χ0) is 18.9. The van der Waals surface area contributed by atoms with Crippen molar-refractivity contribution in [3.05, 3.63) is 59.7 Å². The molecule has 144 valence electrons. The fourth-order valence-corrected chi connectivity index (χ4v) is 2.97. The van der Waals surface area contributed by atoms with Gasteiger partial charge in [-0.2, -0.15) is 0 Å². The van der Waals surface area contributed by atoms with Crippen molar-refractivity contribution in [2.45, 2.75) is 13.5 Å². The number of hydrogen-bond donors (Lipinski definition) is 2. The van der Waals surface area contributed by atoms with E-state index in [-0.39, 0.29) is 0 Å². The second-order valence-electron chi connectivity index (χ2n) is 6.61. The first-order chi connectivity index (χ1) is 13.2. The van der Waals surface area contributed by atoms with Gasteiger partial charge in [-0.15, -0.1) is 0 Å². The van der Waals surface area contributed by atoms with E-state index in [0.717, 1.165) is 49.8 Å². The predicted molar refractivity (Wildman–Crippen MR) is 109 cm³/mol. The van der Waals surface area contributed by atoms with Crippen LogP contribution in [-0.2, 0) is 11.3 Å². The van der Waals surface area contributed by atoms with Crippen molar-refractivity contribution in [3.63, 3.8) is 0 Å². The molecule has 27 heavy (non-hydrogen) atoms. The number of nitrogens with zero attached hydrogens (tertiary/aromatic N) is 2. The summed E-state index contributed by atoms with van der Waals surface area (Å²) >= 11 is 0. The second kappa shape index (κ2) is 9.94. The van der Waals surface area contributed by atoms with Crippen molar-refractivity contribution in [3.8, 4) is 5.75 Å². The Labute approximate surface area is 161 Å². The van der Waals surface area contributed by atoms with Gasteiger partial charge in [0.05, 0.1) is 19.8 Å². The van der Waals surface area contributed by atoms with Gasteiger partial charge >= 0.3 is 0 Å². The van der Waals surface area contributed by atoms with Crippen molar-refractivity contribution in [2.75, 3.05) is 44.8 Å². The van der Waals surface area contributed by atoms with E-state index in [4.69, 9.17) is 15.2 Å². The van der Waals surface area contributed by atoms with Gasteiger partial charge < -0.3 is 20.5 Å². The number of nitrogens with one attached hydrogen (secondary N) is 1. The molecule has 2 aromatic carbocycles. The number of aryl methyl sites for hydroxylation is 1.